The van der Waals surface area contributed by atoms with Crippen molar-refractivity contribution in [3.8, 4) is 11.1 Å². The summed E-state index contributed by atoms with van der Waals surface area (Å²) in [6.07, 6.45) is -0.919. The molecule has 170 valence electrons. The van der Waals surface area contributed by atoms with E-state index in [9.17, 15) is 22.5 Å². The number of methoxy groups -OCH3 is 1. The number of ether oxygens (including phenoxy) is 2. The zero-order valence-corrected chi connectivity index (χ0v) is 17.9. The normalized spacial score (nSPS) is 12.6. The van der Waals surface area contributed by atoms with E-state index in [0.717, 1.165) is 41.5 Å². The second-order valence-electron chi connectivity index (χ2n) is 7.75. The molecule has 0 spiro atoms. The van der Waals surface area contributed by atoms with Gasteiger partial charge >= 0.3 is 19.0 Å². The minimum absolute atomic E-state index is 0.00560. The molecule has 0 atom stereocenters. The van der Waals surface area contributed by atoms with Crippen molar-refractivity contribution >= 4 is 30.2 Å². The van der Waals surface area contributed by atoms with E-state index in [-0.39, 0.29) is 29.3 Å². The Labute approximate surface area is 188 Å². The number of rotatable bonds is 5. The lowest BCUT2D eigenvalue weighted by atomic mass is 9.75. The standard InChI is InChI=1S/C24H20BF3NO4/c1-14-20(23(30)32-2)11-15(12-22(14)25(26,27)28)29-24(31)33-13-21-18-9-5-3-7-16(18)17-8-4-6-10-19(17)21/h3-12,21H,13H2,1-2H3,(H,29,31)/q-1. The molecule has 0 bridgehead atoms. The van der Waals surface area contributed by atoms with Crippen molar-refractivity contribution in [1.82, 2.24) is 0 Å². The summed E-state index contributed by atoms with van der Waals surface area (Å²) in [5.41, 5.74) is 2.42. The van der Waals surface area contributed by atoms with Gasteiger partial charge in [0.25, 0.3) is 0 Å². The van der Waals surface area contributed by atoms with E-state index < -0.39 is 24.5 Å². The van der Waals surface area contributed by atoms with Gasteiger partial charge in [-0.25, -0.2) is 9.59 Å². The smallest absolute Gasteiger partial charge is 0.465 e. The predicted molar refractivity (Wildman–Crippen MR) is 120 cm³/mol. The molecule has 0 saturated carbocycles. The van der Waals surface area contributed by atoms with Crippen LogP contribution in [0.4, 0.5) is 23.4 Å². The molecule has 0 aromatic heterocycles. The lowest BCUT2D eigenvalue weighted by Gasteiger charge is -2.21. The van der Waals surface area contributed by atoms with Crippen LogP contribution in [-0.4, -0.2) is 32.8 Å². The summed E-state index contributed by atoms with van der Waals surface area (Å²) in [4.78, 5) is 24.4. The third-order valence-electron chi connectivity index (χ3n) is 5.80. The van der Waals surface area contributed by atoms with Gasteiger partial charge in [-0.15, -0.1) is 5.46 Å². The Morgan fingerprint density at radius 1 is 0.970 bits per heavy atom. The molecule has 4 rings (SSSR count). The Hall–Kier alpha value is -3.75. The highest BCUT2D eigenvalue weighted by molar-refractivity contribution is 6.74. The van der Waals surface area contributed by atoms with Crippen LogP contribution in [0.15, 0.2) is 60.7 Å². The van der Waals surface area contributed by atoms with Crippen LogP contribution in [0, 0.1) is 6.92 Å². The van der Waals surface area contributed by atoms with Gasteiger partial charge in [-0.05, 0) is 35.2 Å². The molecule has 1 N–H and O–H groups in total. The monoisotopic (exact) mass is 454 g/mol. The first-order valence-corrected chi connectivity index (χ1v) is 10.3. The highest BCUT2D eigenvalue weighted by atomic mass is 19.4. The molecule has 1 aliphatic carbocycles. The number of carbonyl (C=O) groups excluding carboxylic acids is 2. The largest absolute Gasteiger partial charge is 0.509 e. The number of amides is 1. The summed E-state index contributed by atoms with van der Waals surface area (Å²) in [5, 5.41) is 2.31. The van der Waals surface area contributed by atoms with Crippen LogP contribution >= 0.6 is 0 Å². The number of hydrogen-bond donors (Lipinski definition) is 1. The summed E-state index contributed by atoms with van der Waals surface area (Å²) in [6, 6.07) is 17.5. The van der Waals surface area contributed by atoms with E-state index in [4.69, 9.17) is 4.74 Å². The fraction of sp³-hybridized carbons (Fsp3) is 0.167. The molecule has 9 heteroatoms. The number of hydrogen-bond acceptors (Lipinski definition) is 4. The molecule has 5 nitrogen and oxygen atoms in total. The van der Waals surface area contributed by atoms with Gasteiger partial charge < -0.3 is 22.4 Å². The van der Waals surface area contributed by atoms with E-state index in [1.54, 1.807) is 0 Å². The van der Waals surface area contributed by atoms with Crippen molar-refractivity contribution in [2.45, 2.75) is 12.8 Å². The summed E-state index contributed by atoms with van der Waals surface area (Å²) < 4.78 is 50.5. The fourth-order valence-corrected chi connectivity index (χ4v) is 4.22. The van der Waals surface area contributed by atoms with Crippen molar-refractivity contribution in [2.75, 3.05) is 19.0 Å². The quantitative estimate of drug-likeness (QED) is 0.426. The number of benzene rings is 3. The average molecular weight is 454 g/mol. The minimum Gasteiger partial charge on any atom is -0.465 e. The van der Waals surface area contributed by atoms with Gasteiger partial charge in [0.15, 0.2) is 0 Å². The highest BCUT2D eigenvalue weighted by Crippen LogP contribution is 2.44. The number of esters is 1. The second kappa shape index (κ2) is 8.65. The lowest BCUT2D eigenvalue weighted by Crippen LogP contribution is -2.37. The number of anilines is 1. The van der Waals surface area contributed by atoms with Crippen LogP contribution in [0.3, 0.4) is 0 Å². The summed E-state index contributed by atoms with van der Waals surface area (Å²) in [5.74, 6) is -1.12. The molecule has 1 amide bonds. The number of nitrogens with one attached hydrogen (secondary N) is 1. The van der Waals surface area contributed by atoms with E-state index in [1.807, 2.05) is 48.5 Å². The Balaban J connectivity index is 1.55. The maximum absolute atomic E-state index is 13.5. The van der Waals surface area contributed by atoms with Crippen molar-refractivity contribution in [1.29, 1.82) is 0 Å². The highest BCUT2D eigenvalue weighted by Gasteiger charge is 2.31. The molecular weight excluding hydrogens is 434 g/mol. The van der Waals surface area contributed by atoms with Gasteiger partial charge in [-0.3, -0.25) is 5.32 Å². The first kappa shape index (κ1) is 22.4. The maximum Gasteiger partial charge on any atom is 0.509 e. The van der Waals surface area contributed by atoms with Gasteiger partial charge in [0.05, 0.1) is 12.7 Å². The Bertz CT molecular complexity index is 1200. The fourth-order valence-electron chi connectivity index (χ4n) is 4.22. The summed E-state index contributed by atoms with van der Waals surface area (Å²) >= 11 is 0. The molecular formula is C24H20BF3NO4-. The number of fused-ring (bicyclic) bond motifs is 3. The average Bonchev–Trinajstić information content (AvgIpc) is 3.11. The van der Waals surface area contributed by atoms with Crippen LogP contribution in [0.2, 0.25) is 0 Å². The van der Waals surface area contributed by atoms with Gasteiger partial charge in [0.2, 0.25) is 0 Å². The third kappa shape index (κ3) is 4.31. The first-order valence-electron chi connectivity index (χ1n) is 10.3. The molecule has 3 aromatic rings. The van der Waals surface area contributed by atoms with Crippen LogP contribution < -0.4 is 10.8 Å². The molecule has 0 heterocycles. The Morgan fingerprint density at radius 2 is 1.55 bits per heavy atom. The van der Waals surface area contributed by atoms with Gasteiger partial charge in [-0.2, -0.15) is 0 Å². The van der Waals surface area contributed by atoms with E-state index in [0.29, 0.717) is 0 Å². The lowest BCUT2D eigenvalue weighted by molar-refractivity contribution is 0.0600. The molecule has 33 heavy (non-hydrogen) atoms. The molecule has 0 fully saturated rings. The van der Waals surface area contributed by atoms with Crippen molar-refractivity contribution in [3.63, 3.8) is 0 Å². The van der Waals surface area contributed by atoms with Crippen molar-refractivity contribution in [3.05, 3.63) is 82.9 Å². The third-order valence-corrected chi connectivity index (χ3v) is 5.80. The van der Waals surface area contributed by atoms with Gasteiger partial charge in [-0.1, -0.05) is 60.2 Å². The predicted octanol–water partition coefficient (Wildman–Crippen LogP) is 5.20. The zero-order chi connectivity index (χ0) is 23.8. The van der Waals surface area contributed by atoms with Crippen LogP contribution in [0.1, 0.15) is 33.0 Å². The molecule has 1 aliphatic rings. The van der Waals surface area contributed by atoms with Crippen LogP contribution in [0.25, 0.3) is 11.1 Å². The molecule has 0 radical (unpaired) electrons. The van der Waals surface area contributed by atoms with Gasteiger partial charge in [0, 0.05) is 11.6 Å². The molecule has 0 aliphatic heterocycles. The molecule has 0 unspecified atom stereocenters. The van der Waals surface area contributed by atoms with Crippen LogP contribution in [0.5, 0.6) is 0 Å². The van der Waals surface area contributed by atoms with Crippen molar-refractivity contribution < 1.29 is 32.0 Å². The second-order valence-corrected chi connectivity index (χ2v) is 7.75. The maximum atomic E-state index is 13.5. The minimum atomic E-state index is -5.42. The zero-order valence-electron chi connectivity index (χ0n) is 17.9. The summed E-state index contributed by atoms with van der Waals surface area (Å²) in [6.45, 7) is -4.22. The topological polar surface area (TPSA) is 64.6 Å². The number of halogens is 3. The van der Waals surface area contributed by atoms with Gasteiger partial charge in [0.1, 0.15) is 6.61 Å². The molecule has 0 saturated heterocycles. The van der Waals surface area contributed by atoms with E-state index >= 15 is 0 Å². The summed E-state index contributed by atoms with van der Waals surface area (Å²) in [7, 11) is 1.08. The van der Waals surface area contributed by atoms with Crippen molar-refractivity contribution in [2.24, 2.45) is 0 Å². The van der Waals surface area contributed by atoms with E-state index in [2.05, 4.69) is 10.1 Å². The number of carbonyl (C=O) groups is 2. The van der Waals surface area contributed by atoms with Crippen LogP contribution in [-0.2, 0) is 9.47 Å². The Morgan fingerprint density at radius 3 is 2.09 bits per heavy atom. The SMILES string of the molecule is COC(=O)c1cc(NC(=O)OCC2c3ccccc3-c3ccccc32)cc([B-](F)(F)F)c1C. The molecule has 3 aromatic carbocycles. The Kier molecular flexibility index (Phi) is 5.89. The first-order chi connectivity index (χ1) is 15.7. The van der Waals surface area contributed by atoms with E-state index in [1.165, 1.54) is 6.92 Å².